The molecule has 2 aromatic rings. The normalized spacial score (nSPS) is 14.2. The van der Waals surface area contributed by atoms with Gasteiger partial charge in [0.1, 0.15) is 0 Å². The van der Waals surface area contributed by atoms with Crippen molar-refractivity contribution < 1.29 is 14.4 Å². The minimum atomic E-state index is -0.595. The molecule has 0 spiro atoms. The Kier molecular flexibility index (Phi) is 6.08. The predicted octanol–water partition coefficient (Wildman–Crippen LogP) is 0.740. The quantitative estimate of drug-likeness (QED) is 0.789. The number of hydrogen-bond donors (Lipinski definition) is 1. The molecule has 2 heterocycles. The molecule has 0 radical (unpaired) electrons. The van der Waals surface area contributed by atoms with Crippen molar-refractivity contribution in [1.82, 2.24) is 24.9 Å². The molecule has 1 aliphatic rings. The maximum atomic E-state index is 12.7. The number of rotatable bonds is 4. The molecule has 0 unspecified atom stereocenters. The molecule has 3 rings (SSSR count). The molecule has 1 aliphatic heterocycles. The molecule has 1 aromatic heterocycles. The van der Waals surface area contributed by atoms with E-state index in [1.54, 1.807) is 11.1 Å². The number of hydrogen-bond acceptors (Lipinski definition) is 4. The third-order valence-electron chi connectivity index (χ3n) is 4.57. The summed E-state index contributed by atoms with van der Waals surface area (Å²) in [5.41, 5.74) is 1.67. The van der Waals surface area contributed by atoms with E-state index < -0.39 is 11.8 Å². The predicted molar refractivity (Wildman–Crippen MR) is 104 cm³/mol. The average Bonchev–Trinajstić information content (AvgIpc) is 3.20. The SMILES string of the molecule is CC(C)NC(=O)C(=O)N1CCN(C(=O)c2ccc(Cn3cccn3)cc2)CC1. The zero-order valence-electron chi connectivity index (χ0n) is 16.2. The summed E-state index contributed by atoms with van der Waals surface area (Å²) >= 11 is 0. The van der Waals surface area contributed by atoms with Crippen LogP contribution in [0.4, 0.5) is 0 Å². The third kappa shape index (κ3) is 4.76. The molecule has 1 saturated heterocycles. The summed E-state index contributed by atoms with van der Waals surface area (Å²) in [6.45, 7) is 5.80. The topological polar surface area (TPSA) is 87.5 Å². The number of nitrogens with zero attached hydrogens (tertiary/aromatic N) is 4. The van der Waals surface area contributed by atoms with Crippen molar-refractivity contribution in [1.29, 1.82) is 0 Å². The van der Waals surface area contributed by atoms with Crippen molar-refractivity contribution in [3.63, 3.8) is 0 Å². The maximum absolute atomic E-state index is 12.7. The molecule has 1 aromatic carbocycles. The highest BCUT2D eigenvalue weighted by Gasteiger charge is 2.28. The van der Waals surface area contributed by atoms with Gasteiger partial charge in [0.25, 0.3) is 5.91 Å². The molecular formula is C20H25N5O3. The molecule has 1 fully saturated rings. The van der Waals surface area contributed by atoms with Crippen LogP contribution in [-0.2, 0) is 16.1 Å². The van der Waals surface area contributed by atoms with Crippen molar-refractivity contribution in [2.75, 3.05) is 26.2 Å². The Labute approximate surface area is 164 Å². The lowest BCUT2D eigenvalue weighted by Gasteiger charge is -2.34. The molecule has 0 atom stereocenters. The molecule has 28 heavy (non-hydrogen) atoms. The Balaban J connectivity index is 1.53. The lowest BCUT2D eigenvalue weighted by Crippen LogP contribution is -2.54. The van der Waals surface area contributed by atoms with Crippen molar-refractivity contribution >= 4 is 17.7 Å². The van der Waals surface area contributed by atoms with Crippen LogP contribution < -0.4 is 5.32 Å². The molecule has 8 heteroatoms. The standard InChI is InChI=1S/C20H25N5O3/c1-15(2)22-18(26)20(28)24-12-10-23(11-13-24)19(27)17-6-4-16(5-7-17)14-25-9-3-8-21-25/h3-9,15H,10-14H2,1-2H3,(H,22,26). The van der Waals surface area contributed by atoms with Gasteiger partial charge in [-0.3, -0.25) is 19.1 Å². The zero-order chi connectivity index (χ0) is 20.1. The molecular weight excluding hydrogens is 358 g/mol. The van der Waals surface area contributed by atoms with Crippen LogP contribution in [0.5, 0.6) is 0 Å². The fraction of sp³-hybridized carbons (Fsp3) is 0.400. The van der Waals surface area contributed by atoms with E-state index in [9.17, 15) is 14.4 Å². The van der Waals surface area contributed by atoms with Crippen LogP contribution in [0, 0.1) is 0 Å². The van der Waals surface area contributed by atoms with Gasteiger partial charge in [0, 0.05) is 50.2 Å². The van der Waals surface area contributed by atoms with E-state index >= 15 is 0 Å². The van der Waals surface area contributed by atoms with Gasteiger partial charge in [0.15, 0.2) is 0 Å². The molecule has 0 bridgehead atoms. The Morgan fingerprint density at radius 1 is 1.04 bits per heavy atom. The van der Waals surface area contributed by atoms with Crippen molar-refractivity contribution in [2.45, 2.75) is 26.4 Å². The Bertz CT molecular complexity index is 822. The monoisotopic (exact) mass is 383 g/mol. The van der Waals surface area contributed by atoms with Gasteiger partial charge in [0.05, 0.1) is 6.54 Å². The molecule has 8 nitrogen and oxygen atoms in total. The highest BCUT2D eigenvalue weighted by molar-refractivity contribution is 6.35. The molecule has 148 valence electrons. The summed E-state index contributed by atoms with van der Waals surface area (Å²) in [7, 11) is 0. The number of piperazine rings is 1. The number of amides is 3. The summed E-state index contributed by atoms with van der Waals surface area (Å²) in [6, 6.07) is 9.25. The zero-order valence-corrected chi connectivity index (χ0v) is 16.2. The van der Waals surface area contributed by atoms with Crippen molar-refractivity contribution in [2.24, 2.45) is 0 Å². The second-order valence-electron chi connectivity index (χ2n) is 7.11. The first-order valence-corrected chi connectivity index (χ1v) is 9.39. The first-order valence-electron chi connectivity index (χ1n) is 9.39. The summed E-state index contributed by atoms with van der Waals surface area (Å²) < 4.78 is 1.82. The van der Waals surface area contributed by atoms with Crippen LogP contribution in [0.1, 0.15) is 29.8 Å². The van der Waals surface area contributed by atoms with Gasteiger partial charge in [-0.2, -0.15) is 5.10 Å². The van der Waals surface area contributed by atoms with Gasteiger partial charge in [-0.25, -0.2) is 0 Å². The Morgan fingerprint density at radius 3 is 2.25 bits per heavy atom. The van der Waals surface area contributed by atoms with Gasteiger partial charge in [-0.05, 0) is 37.6 Å². The van der Waals surface area contributed by atoms with Crippen LogP contribution in [0.2, 0.25) is 0 Å². The Morgan fingerprint density at radius 2 is 1.68 bits per heavy atom. The lowest BCUT2D eigenvalue weighted by atomic mass is 10.1. The molecule has 1 N–H and O–H groups in total. The van der Waals surface area contributed by atoms with Crippen LogP contribution in [0.3, 0.4) is 0 Å². The van der Waals surface area contributed by atoms with Gasteiger partial charge in [-0.15, -0.1) is 0 Å². The van der Waals surface area contributed by atoms with Crippen LogP contribution in [0.25, 0.3) is 0 Å². The van der Waals surface area contributed by atoms with Crippen LogP contribution in [-0.4, -0.2) is 69.5 Å². The first kappa shape index (κ1) is 19.6. The largest absolute Gasteiger partial charge is 0.346 e. The summed E-state index contributed by atoms with van der Waals surface area (Å²) in [5, 5.41) is 6.78. The number of benzene rings is 1. The highest BCUT2D eigenvalue weighted by Crippen LogP contribution is 2.11. The second kappa shape index (κ2) is 8.69. The lowest BCUT2D eigenvalue weighted by molar-refractivity contribution is -0.147. The average molecular weight is 383 g/mol. The third-order valence-corrected chi connectivity index (χ3v) is 4.57. The fourth-order valence-electron chi connectivity index (χ4n) is 3.10. The number of carbonyl (C=O) groups is 3. The van der Waals surface area contributed by atoms with Gasteiger partial charge in [0.2, 0.25) is 0 Å². The second-order valence-corrected chi connectivity index (χ2v) is 7.11. The van der Waals surface area contributed by atoms with Gasteiger partial charge >= 0.3 is 11.8 Å². The number of nitrogens with one attached hydrogen (secondary N) is 1. The molecule has 0 saturated carbocycles. The molecule has 0 aliphatic carbocycles. The van der Waals surface area contributed by atoms with Crippen molar-refractivity contribution in [3.05, 3.63) is 53.9 Å². The van der Waals surface area contributed by atoms with E-state index in [1.807, 2.05) is 55.1 Å². The van der Waals surface area contributed by atoms with E-state index in [2.05, 4.69) is 10.4 Å². The summed E-state index contributed by atoms with van der Waals surface area (Å²) in [6.07, 6.45) is 3.62. The van der Waals surface area contributed by atoms with E-state index in [4.69, 9.17) is 0 Å². The highest BCUT2D eigenvalue weighted by atomic mass is 16.2. The summed E-state index contributed by atoms with van der Waals surface area (Å²) in [4.78, 5) is 39.9. The van der Waals surface area contributed by atoms with Gasteiger partial charge in [-0.1, -0.05) is 12.1 Å². The smallest absolute Gasteiger partial charge is 0.312 e. The van der Waals surface area contributed by atoms with Gasteiger partial charge < -0.3 is 15.1 Å². The number of aromatic nitrogens is 2. The van der Waals surface area contributed by atoms with E-state index in [0.717, 1.165) is 5.56 Å². The summed E-state index contributed by atoms with van der Waals surface area (Å²) in [5.74, 6) is -1.20. The maximum Gasteiger partial charge on any atom is 0.312 e. The fourth-order valence-corrected chi connectivity index (χ4v) is 3.10. The van der Waals surface area contributed by atoms with Crippen LogP contribution >= 0.6 is 0 Å². The Hall–Kier alpha value is -3.16. The molecule has 3 amide bonds. The van der Waals surface area contributed by atoms with E-state index in [-0.39, 0.29) is 11.9 Å². The van der Waals surface area contributed by atoms with Crippen LogP contribution in [0.15, 0.2) is 42.7 Å². The minimum Gasteiger partial charge on any atom is -0.346 e. The number of carbonyl (C=O) groups excluding carboxylic acids is 3. The van der Waals surface area contributed by atoms with Crippen molar-refractivity contribution in [3.8, 4) is 0 Å². The minimum absolute atomic E-state index is 0.0654. The first-order chi connectivity index (χ1) is 13.4. The van der Waals surface area contributed by atoms with E-state index in [0.29, 0.717) is 38.3 Å². The van der Waals surface area contributed by atoms with E-state index in [1.165, 1.54) is 4.90 Å².